The van der Waals surface area contributed by atoms with Crippen LogP contribution in [0.5, 0.6) is 0 Å². The lowest BCUT2D eigenvalue weighted by molar-refractivity contribution is -0.130. The Morgan fingerprint density at radius 2 is 2.05 bits per heavy atom. The molecule has 1 aliphatic rings. The van der Waals surface area contributed by atoms with Gasteiger partial charge in [0.05, 0.1) is 5.69 Å². The summed E-state index contributed by atoms with van der Waals surface area (Å²) in [5.41, 5.74) is 0.0387. The van der Waals surface area contributed by atoms with Crippen LogP contribution in [0.15, 0.2) is 0 Å². The molecule has 120 valence electrons. The van der Waals surface area contributed by atoms with E-state index in [0.29, 0.717) is 11.6 Å². The molecule has 1 aromatic rings. The number of urea groups is 1. The van der Waals surface area contributed by atoms with E-state index in [2.05, 4.69) is 15.6 Å². The van der Waals surface area contributed by atoms with Gasteiger partial charge in [0.25, 0.3) is 5.91 Å². The molecule has 1 fully saturated rings. The number of nitrogens with zero attached hydrogens (tertiary/aromatic N) is 2. The molecule has 2 heterocycles. The summed E-state index contributed by atoms with van der Waals surface area (Å²) in [4.78, 5) is 42.0. The Hall–Kier alpha value is -1.96. The molecule has 0 saturated carbocycles. The van der Waals surface area contributed by atoms with E-state index in [-0.39, 0.29) is 24.8 Å². The molecule has 0 atom stereocenters. The lowest BCUT2D eigenvalue weighted by Crippen LogP contribution is -2.40. The first-order valence-corrected chi connectivity index (χ1v) is 7.90. The quantitative estimate of drug-likeness (QED) is 0.808. The SMILES string of the molecule is Cc1nc(NC(=O)CCCN2C(=O)NC(C)(C)C2=O)sc1C. The van der Waals surface area contributed by atoms with Gasteiger partial charge in [-0.05, 0) is 34.1 Å². The Morgan fingerprint density at radius 3 is 2.55 bits per heavy atom. The van der Waals surface area contributed by atoms with Crippen molar-refractivity contribution in [2.45, 2.75) is 46.1 Å². The average molecular weight is 324 g/mol. The second-order valence-electron chi connectivity index (χ2n) is 5.82. The number of amides is 4. The Morgan fingerprint density at radius 1 is 1.36 bits per heavy atom. The summed E-state index contributed by atoms with van der Waals surface area (Å²) in [5.74, 6) is -0.427. The Balaban J connectivity index is 1.80. The maximum absolute atomic E-state index is 12.0. The highest BCUT2D eigenvalue weighted by molar-refractivity contribution is 7.15. The molecule has 0 radical (unpaired) electrons. The van der Waals surface area contributed by atoms with Crippen LogP contribution in [-0.2, 0) is 9.59 Å². The van der Waals surface area contributed by atoms with Crippen molar-refractivity contribution < 1.29 is 14.4 Å². The van der Waals surface area contributed by atoms with Crippen molar-refractivity contribution in [1.82, 2.24) is 15.2 Å². The third kappa shape index (κ3) is 3.44. The molecule has 2 rings (SSSR count). The summed E-state index contributed by atoms with van der Waals surface area (Å²) < 4.78 is 0. The molecule has 1 saturated heterocycles. The standard InChI is InChI=1S/C14H20N4O3S/c1-8-9(2)22-12(15-8)16-10(19)6-5-7-18-11(20)14(3,4)17-13(18)21/h5-7H2,1-4H3,(H,17,21)(H,15,16,19). The molecule has 0 aliphatic carbocycles. The fraction of sp³-hybridized carbons (Fsp3) is 0.571. The van der Waals surface area contributed by atoms with Gasteiger partial charge in [0, 0.05) is 17.8 Å². The molecule has 0 bridgehead atoms. The molecule has 8 heteroatoms. The summed E-state index contributed by atoms with van der Waals surface area (Å²) in [6, 6.07) is -0.401. The van der Waals surface area contributed by atoms with Crippen LogP contribution in [0.2, 0.25) is 0 Å². The lowest BCUT2D eigenvalue weighted by atomic mass is 10.1. The highest BCUT2D eigenvalue weighted by atomic mass is 32.1. The van der Waals surface area contributed by atoms with Crippen molar-refractivity contribution in [3.05, 3.63) is 10.6 Å². The second-order valence-corrected chi connectivity index (χ2v) is 7.03. The van der Waals surface area contributed by atoms with Crippen LogP contribution in [0.3, 0.4) is 0 Å². The van der Waals surface area contributed by atoms with Gasteiger partial charge in [-0.2, -0.15) is 0 Å². The van der Waals surface area contributed by atoms with Crippen LogP contribution in [-0.4, -0.2) is 39.8 Å². The van der Waals surface area contributed by atoms with Crippen molar-refractivity contribution in [2.24, 2.45) is 0 Å². The Bertz CT molecular complexity index is 604. The van der Waals surface area contributed by atoms with Crippen molar-refractivity contribution in [3.63, 3.8) is 0 Å². The van der Waals surface area contributed by atoms with Crippen LogP contribution in [0.1, 0.15) is 37.3 Å². The first-order valence-electron chi connectivity index (χ1n) is 7.08. The van der Waals surface area contributed by atoms with E-state index in [0.717, 1.165) is 15.5 Å². The molecule has 4 amide bonds. The Kier molecular flexibility index (Phi) is 4.50. The van der Waals surface area contributed by atoms with Gasteiger partial charge < -0.3 is 10.6 Å². The molecule has 2 N–H and O–H groups in total. The van der Waals surface area contributed by atoms with Crippen molar-refractivity contribution in [2.75, 3.05) is 11.9 Å². The molecule has 22 heavy (non-hydrogen) atoms. The number of rotatable bonds is 5. The van der Waals surface area contributed by atoms with Gasteiger partial charge in [-0.1, -0.05) is 0 Å². The zero-order chi connectivity index (χ0) is 16.5. The van der Waals surface area contributed by atoms with Crippen LogP contribution in [0.25, 0.3) is 0 Å². The molecule has 0 spiro atoms. The molecular formula is C14H20N4O3S. The summed E-state index contributed by atoms with van der Waals surface area (Å²) in [6.07, 6.45) is 0.652. The minimum atomic E-state index is -0.866. The van der Waals surface area contributed by atoms with E-state index in [1.807, 2.05) is 13.8 Å². The number of nitrogens with one attached hydrogen (secondary N) is 2. The first-order chi connectivity index (χ1) is 10.2. The van der Waals surface area contributed by atoms with Gasteiger partial charge in [0.1, 0.15) is 5.54 Å². The summed E-state index contributed by atoms with van der Waals surface area (Å²) in [6.45, 7) is 7.39. The lowest BCUT2D eigenvalue weighted by Gasteiger charge is -2.15. The average Bonchev–Trinajstić information content (AvgIpc) is 2.80. The number of aromatic nitrogens is 1. The van der Waals surface area contributed by atoms with E-state index < -0.39 is 11.6 Å². The van der Waals surface area contributed by atoms with E-state index in [1.165, 1.54) is 11.3 Å². The highest BCUT2D eigenvalue weighted by Gasteiger charge is 2.43. The number of hydrogen-bond acceptors (Lipinski definition) is 5. The number of anilines is 1. The molecule has 7 nitrogen and oxygen atoms in total. The minimum Gasteiger partial charge on any atom is -0.324 e. The van der Waals surface area contributed by atoms with E-state index >= 15 is 0 Å². The maximum atomic E-state index is 12.0. The highest BCUT2D eigenvalue weighted by Crippen LogP contribution is 2.21. The fourth-order valence-electron chi connectivity index (χ4n) is 2.13. The third-order valence-corrected chi connectivity index (χ3v) is 4.49. The van der Waals surface area contributed by atoms with E-state index in [9.17, 15) is 14.4 Å². The number of carbonyl (C=O) groups excluding carboxylic acids is 3. The van der Waals surface area contributed by atoms with Gasteiger partial charge in [0.2, 0.25) is 5.91 Å². The maximum Gasteiger partial charge on any atom is 0.325 e. The molecule has 1 aromatic heterocycles. The van der Waals surface area contributed by atoms with E-state index in [1.54, 1.807) is 13.8 Å². The number of thiazole rings is 1. The van der Waals surface area contributed by atoms with Crippen LogP contribution < -0.4 is 10.6 Å². The van der Waals surface area contributed by atoms with Crippen molar-refractivity contribution >= 4 is 34.3 Å². The summed E-state index contributed by atoms with van der Waals surface area (Å²) in [5, 5.41) is 5.92. The van der Waals surface area contributed by atoms with Gasteiger partial charge >= 0.3 is 6.03 Å². The van der Waals surface area contributed by atoms with Crippen LogP contribution >= 0.6 is 11.3 Å². The first kappa shape index (κ1) is 16.4. The molecule has 0 aromatic carbocycles. The fourth-order valence-corrected chi connectivity index (χ4v) is 2.96. The van der Waals surface area contributed by atoms with Gasteiger partial charge in [-0.25, -0.2) is 9.78 Å². The molecule has 1 aliphatic heterocycles. The molecule has 0 unspecified atom stereocenters. The third-order valence-electron chi connectivity index (χ3n) is 3.50. The van der Waals surface area contributed by atoms with Crippen molar-refractivity contribution in [3.8, 4) is 0 Å². The van der Waals surface area contributed by atoms with E-state index in [4.69, 9.17) is 0 Å². The number of hydrogen-bond donors (Lipinski definition) is 2. The summed E-state index contributed by atoms with van der Waals surface area (Å²) >= 11 is 1.43. The minimum absolute atomic E-state index is 0.167. The van der Waals surface area contributed by atoms with Crippen LogP contribution in [0, 0.1) is 13.8 Å². The monoisotopic (exact) mass is 324 g/mol. The van der Waals surface area contributed by atoms with Gasteiger partial charge in [-0.15, -0.1) is 11.3 Å². The smallest absolute Gasteiger partial charge is 0.324 e. The predicted octanol–water partition coefficient (Wildman–Crippen LogP) is 1.81. The summed E-state index contributed by atoms with van der Waals surface area (Å²) in [7, 11) is 0. The second kappa shape index (κ2) is 6.04. The van der Waals surface area contributed by atoms with Gasteiger partial charge in [0.15, 0.2) is 5.13 Å². The topological polar surface area (TPSA) is 91.4 Å². The Labute approximate surface area is 133 Å². The number of aryl methyl sites for hydroxylation is 2. The van der Waals surface area contributed by atoms with Crippen molar-refractivity contribution in [1.29, 1.82) is 0 Å². The largest absolute Gasteiger partial charge is 0.325 e. The predicted molar refractivity (Wildman–Crippen MR) is 83.8 cm³/mol. The van der Waals surface area contributed by atoms with Crippen LogP contribution in [0.4, 0.5) is 9.93 Å². The zero-order valence-corrected chi connectivity index (χ0v) is 14.0. The van der Waals surface area contributed by atoms with Gasteiger partial charge in [-0.3, -0.25) is 14.5 Å². The normalized spacial score (nSPS) is 16.8. The zero-order valence-electron chi connectivity index (χ0n) is 13.1. The number of imide groups is 1. The molecular weight excluding hydrogens is 304 g/mol. The number of carbonyl (C=O) groups is 3.